The SMILES string of the molecule is COc1cc(C)c(C2(C)CCCN2)cc1Cl. The molecule has 0 bridgehead atoms. The molecule has 1 aromatic carbocycles. The number of hydrogen-bond acceptors (Lipinski definition) is 2. The topological polar surface area (TPSA) is 21.3 Å². The maximum atomic E-state index is 6.19. The molecule has 1 atom stereocenters. The van der Waals surface area contributed by atoms with Crippen LogP contribution in [0.3, 0.4) is 0 Å². The van der Waals surface area contributed by atoms with E-state index in [1.165, 1.54) is 17.5 Å². The number of benzene rings is 1. The van der Waals surface area contributed by atoms with Gasteiger partial charge < -0.3 is 10.1 Å². The van der Waals surface area contributed by atoms with E-state index in [2.05, 4.69) is 19.2 Å². The van der Waals surface area contributed by atoms with Crippen LogP contribution in [0.1, 0.15) is 30.9 Å². The van der Waals surface area contributed by atoms with Gasteiger partial charge in [0, 0.05) is 5.54 Å². The van der Waals surface area contributed by atoms with Gasteiger partial charge in [-0.15, -0.1) is 0 Å². The number of methoxy groups -OCH3 is 1. The van der Waals surface area contributed by atoms with E-state index in [4.69, 9.17) is 16.3 Å². The van der Waals surface area contributed by atoms with Gasteiger partial charge in [0.1, 0.15) is 5.75 Å². The van der Waals surface area contributed by atoms with Crippen LogP contribution < -0.4 is 10.1 Å². The molecule has 2 rings (SSSR count). The monoisotopic (exact) mass is 239 g/mol. The molecule has 0 aromatic heterocycles. The van der Waals surface area contributed by atoms with Gasteiger partial charge in [-0.3, -0.25) is 0 Å². The van der Waals surface area contributed by atoms with Crippen molar-refractivity contribution in [1.29, 1.82) is 0 Å². The highest BCUT2D eigenvalue weighted by molar-refractivity contribution is 6.32. The smallest absolute Gasteiger partial charge is 0.137 e. The van der Waals surface area contributed by atoms with Crippen LogP contribution in [0.15, 0.2) is 12.1 Å². The molecule has 1 N–H and O–H groups in total. The average molecular weight is 240 g/mol. The molecule has 1 saturated heterocycles. The minimum Gasteiger partial charge on any atom is -0.495 e. The molecule has 1 aliphatic heterocycles. The second-order valence-corrected chi connectivity index (χ2v) is 5.07. The summed E-state index contributed by atoms with van der Waals surface area (Å²) in [6.07, 6.45) is 2.39. The van der Waals surface area contributed by atoms with Crippen LogP contribution in [-0.4, -0.2) is 13.7 Å². The van der Waals surface area contributed by atoms with Crippen LogP contribution in [0.4, 0.5) is 0 Å². The molecular formula is C13H18ClNO. The summed E-state index contributed by atoms with van der Waals surface area (Å²) in [6.45, 7) is 5.43. The maximum absolute atomic E-state index is 6.19. The summed E-state index contributed by atoms with van der Waals surface area (Å²) in [5.74, 6) is 0.754. The Morgan fingerprint density at radius 3 is 2.75 bits per heavy atom. The van der Waals surface area contributed by atoms with Gasteiger partial charge in [-0.05, 0) is 56.5 Å². The molecule has 16 heavy (non-hydrogen) atoms. The third kappa shape index (κ3) is 1.92. The van der Waals surface area contributed by atoms with Crippen LogP contribution in [0.25, 0.3) is 0 Å². The lowest BCUT2D eigenvalue weighted by molar-refractivity contribution is 0.409. The molecule has 1 unspecified atom stereocenters. The normalized spacial score (nSPS) is 24.8. The average Bonchev–Trinajstić information content (AvgIpc) is 2.69. The Hall–Kier alpha value is -0.730. The lowest BCUT2D eigenvalue weighted by Gasteiger charge is -2.27. The van der Waals surface area contributed by atoms with Gasteiger partial charge in [0.15, 0.2) is 0 Å². The van der Waals surface area contributed by atoms with Crippen molar-refractivity contribution in [2.45, 2.75) is 32.2 Å². The van der Waals surface area contributed by atoms with Crippen molar-refractivity contribution < 1.29 is 4.74 Å². The summed E-state index contributed by atoms with van der Waals surface area (Å²) < 4.78 is 5.22. The summed E-state index contributed by atoms with van der Waals surface area (Å²) in [5.41, 5.74) is 2.59. The molecule has 0 radical (unpaired) electrons. The molecule has 3 heteroatoms. The minimum absolute atomic E-state index is 0.0694. The number of hydrogen-bond donors (Lipinski definition) is 1. The molecule has 1 aromatic rings. The van der Waals surface area contributed by atoms with Crippen LogP contribution >= 0.6 is 11.6 Å². The third-order valence-electron chi connectivity index (χ3n) is 3.46. The van der Waals surface area contributed by atoms with Gasteiger partial charge in [0.2, 0.25) is 0 Å². The quantitative estimate of drug-likeness (QED) is 0.856. The van der Waals surface area contributed by atoms with Gasteiger partial charge in [0.25, 0.3) is 0 Å². The molecule has 1 heterocycles. The lowest BCUT2D eigenvalue weighted by atomic mass is 9.87. The van der Waals surface area contributed by atoms with E-state index in [0.717, 1.165) is 18.7 Å². The first-order chi connectivity index (χ1) is 7.57. The van der Waals surface area contributed by atoms with Gasteiger partial charge in [-0.2, -0.15) is 0 Å². The van der Waals surface area contributed by atoms with Gasteiger partial charge in [-0.1, -0.05) is 11.6 Å². The Morgan fingerprint density at radius 1 is 1.44 bits per heavy atom. The molecular weight excluding hydrogens is 222 g/mol. The molecule has 2 nitrogen and oxygen atoms in total. The Labute approximate surface area is 102 Å². The van der Waals surface area contributed by atoms with E-state index in [0.29, 0.717) is 5.02 Å². The van der Waals surface area contributed by atoms with Crippen molar-refractivity contribution in [2.75, 3.05) is 13.7 Å². The number of nitrogens with one attached hydrogen (secondary N) is 1. The van der Waals surface area contributed by atoms with E-state index in [1.807, 2.05) is 12.1 Å². The summed E-state index contributed by atoms with van der Waals surface area (Å²) in [6, 6.07) is 4.05. The number of ether oxygens (including phenoxy) is 1. The Balaban J connectivity index is 2.45. The maximum Gasteiger partial charge on any atom is 0.137 e. The van der Waals surface area contributed by atoms with E-state index < -0.39 is 0 Å². The van der Waals surface area contributed by atoms with Crippen molar-refractivity contribution in [2.24, 2.45) is 0 Å². The van der Waals surface area contributed by atoms with Crippen molar-refractivity contribution in [3.63, 3.8) is 0 Å². The number of halogens is 1. The summed E-state index contributed by atoms with van der Waals surface area (Å²) in [5, 5.41) is 4.25. The Kier molecular flexibility index (Phi) is 3.13. The van der Waals surface area contributed by atoms with Crippen molar-refractivity contribution in [3.05, 3.63) is 28.3 Å². The van der Waals surface area contributed by atoms with Crippen molar-refractivity contribution >= 4 is 11.6 Å². The summed E-state index contributed by atoms with van der Waals surface area (Å²) >= 11 is 6.19. The fourth-order valence-electron chi connectivity index (χ4n) is 2.53. The molecule has 88 valence electrons. The highest BCUT2D eigenvalue weighted by Gasteiger charge is 2.31. The second kappa shape index (κ2) is 4.27. The van der Waals surface area contributed by atoms with Crippen LogP contribution in [-0.2, 0) is 5.54 Å². The van der Waals surface area contributed by atoms with E-state index in [9.17, 15) is 0 Å². The fraction of sp³-hybridized carbons (Fsp3) is 0.538. The van der Waals surface area contributed by atoms with Gasteiger partial charge in [-0.25, -0.2) is 0 Å². The van der Waals surface area contributed by atoms with Crippen LogP contribution in [0.5, 0.6) is 5.75 Å². The van der Waals surface area contributed by atoms with Crippen molar-refractivity contribution in [3.8, 4) is 5.75 Å². The molecule has 1 aliphatic rings. The lowest BCUT2D eigenvalue weighted by Crippen LogP contribution is -2.33. The number of rotatable bonds is 2. The predicted molar refractivity (Wildman–Crippen MR) is 67.3 cm³/mol. The third-order valence-corrected chi connectivity index (χ3v) is 3.76. The van der Waals surface area contributed by atoms with Crippen molar-refractivity contribution in [1.82, 2.24) is 5.32 Å². The van der Waals surface area contributed by atoms with Gasteiger partial charge in [0.05, 0.1) is 12.1 Å². The predicted octanol–water partition coefficient (Wildman–Crippen LogP) is 3.26. The van der Waals surface area contributed by atoms with E-state index in [1.54, 1.807) is 7.11 Å². The summed E-state index contributed by atoms with van der Waals surface area (Å²) in [4.78, 5) is 0. The Bertz CT molecular complexity index is 397. The van der Waals surface area contributed by atoms with Crippen LogP contribution in [0.2, 0.25) is 5.02 Å². The largest absolute Gasteiger partial charge is 0.495 e. The molecule has 0 aliphatic carbocycles. The fourth-order valence-corrected chi connectivity index (χ4v) is 2.77. The second-order valence-electron chi connectivity index (χ2n) is 4.66. The highest BCUT2D eigenvalue weighted by atomic mass is 35.5. The first-order valence-electron chi connectivity index (χ1n) is 5.66. The van der Waals surface area contributed by atoms with E-state index >= 15 is 0 Å². The first kappa shape index (κ1) is 11.7. The molecule has 0 spiro atoms. The molecule has 0 saturated carbocycles. The van der Waals surface area contributed by atoms with Gasteiger partial charge >= 0.3 is 0 Å². The van der Waals surface area contributed by atoms with E-state index in [-0.39, 0.29) is 5.54 Å². The zero-order chi connectivity index (χ0) is 11.8. The standard InChI is InChI=1S/C13H18ClNO/c1-9-7-12(16-3)11(14)8-10(9)13(2)5-4-6-15-13/h7-8,15H,4-6H2,1-3H3. The molecule has 1 fully saturated rings. The highest BCUT2D eigenvalue weighted by Crippen LogP contribution is 2.37. The molecule has 0 amide bonds. The zero-order valence-electron chi connectivity index (χ0n) is 10.1. The van der Waals surface area contributed by atoms with Crippen LogP contribution in [0, 0.1) is 6.92 Å². The minimum atomic E-state index is 0.0694. The first-order valence-corrected chi connectivity index (χ1v) is 6.04. The number of aryl methyl sites for hydroxylation is 1. The Morgan fingerprint density at radius 2 is 2.19 bits per heavy atom. The zero-order valence-corrected chi connectivity index (χ0v) is 10.8. The summed E-state index contributed by atoms with van der Waals surface area (Å²) in [7, 11) is 1.65.